The summed E-state index contributed by atoms with van der Waals surface area (Å²) in [6, 6.07) is 14.7. The van der Waals surface area contributed by atoms with E-state index in [1.165, 1.54) is 17.4 Å². The zero-order valence-corrected chi connectivity index (χ0v) is 18.2. The zero-order valence-electron chi connectivity index (χ0n) is 16.6. The van der Waals surface area contributed by atoms with Gasteiger partial charge in [-0.25, -0.2) is 0 Å². The smallest absolute Gasteiger partial charge is 0.312 e. The minimum atomic E-state index is -0.483. The van der Waals surface area contributed by atoms with Crippen LogP contribution in [0.1, 0.15) is 10.4 Å². The van der Waals surface area contributed by atoms with Crippen molar-refractivity contribution in [2.75, 3.05) is 19.6 Å². The minimum Gasteiger partial charge on any atom is -0.329 e. The molecule has 8 heteroatoms. The SMILES string of the molecule is O=C1C(=O)N(Cc2ccc(-c3ccc(=O)[nH]c3)cc2)CCN1C/C=C/c1ccc(Cl)s1. The van der Waals surface area contributed by atoms with Gasteiger partial charge < -0.3 is 14.8 Å². The molecule has 0 saturated carbocycles. The molecule has 3 heterocycles. The molecule has 0 spiro atoms. The topological polar surface area (TPSA) is 73.5 Å². The van der Waals surface area contributed by atoms with E-state index in [1.54, 1.807) is 22.1 Å². The molecule has 1 aliphatic heterocycles. The van der Waals surface area contributed by atoms with E-state index < -0.39 is 11.8 Å². The number of amides is 2. The van der Waals surface area contributed by atoms with Crippen molar-refractivity contribution in [3.8, 4) is 11.1 Å². The lowest BCUT2D eigenvalue weighted by molar-refractivity contribution is -0.156. The van der Waals surface area contributed by atoms with Crippen LogP contribution >= 0.6 is 22.9 Å². The first-order valence-corrected chi connectivity index (χ1v) is 11.0. The number of rotatable bonds is 6. The van der Waals surface area contributed by atoms with Crippen molar-refractivity contribution in [2.45, 2.75) is 6.54 Å². The van der Waals surface area contributed by atoms with Crippen LogP contribution < -0.4 is 5.56 Å². The molecule has 1 saturated heterocycles. The van der Waals surface area contributed by atoms with Gasteiger partial charge in [-0.15, -0.1) is 11.3 Å². The summed E-state index contributed by atoms with van der Waals surface area (Å²) >= 11 is 7.38. The van der Waals surface area contributed by atoms with Gasteiger partial charge in [0, 0.05) is 43.3 Å². The van der Waals surface area contributed by atoms with E-state index in [4.69, 9.17) is 11.6 Å². The highest BCUT2D eigenvalue weighted by Gasteiger charge is 2.31. The molecule has 4 rings (SSSR count). The number of carbonyl (C=O) groups excluding carboxylic acids is 2. The van der Waals surface area contributed by atoms with Crippen LogP contribution in [0.3, 0.4) is 0 Å². The number of hydrogen-bond acceptors (Lipinski definition) is 4. The minimum absolute atomic E-state index is 0.144. The van der Waals surface area contributed by atoms with Crippen LogP contribution in [-0.4, -0.2) is 46.2 Å². The Morgan fingerprint density at radius 2 is 1.61 bits per heavy atom. The van der Waals surface area contributed by atoms with Gasteiger partial charge in [0.1, 0.15) is 0 Å². The van der Waals surface area contributed by atoms with Crippen molar-refractivity contribution >= 4 is 40.8 Å². The summed E-state index contributed by atoms with van der Waals surface area (Å²) in [6.45, 7) is 1.76. The van der Waals surface area contributed by atoms with E-state index in [-0.39, 0.29) is 5.56 Å². The summed E-state index contributed by atoms with van der Waals surface area (Å²) in [5.74, 6) is -0.964. The Morgan fingerprint density at radius 3 is 2.29 bits per heavy atom. The zero-order chi connectivity index (χ0) is 21.8. The molecule has 1 aliphatic rings. The summed E-state index contributed by atoms with van der Waals surface area (Å²) in [5.41, 5.74) is 2.67. The van der Waals surface area contributed by atoms with Crippen LogP contribution in [0.15, 0.2) is 65.6 Å². The largest absolute Gasteiger partial charge is 0.329 e. The van der Waals surface area contributed by atoms with E-state index in [0.717, 1.165) is 21.6 Å². The lowest BCUT2D eigenvalue weighted by Crippen LogP contribution is -2.53. The number of nitrogens with zero attached hydrogens (tertiary/aromatic N) is 2. The summed E-state index contributed by atoms with van der Waals surface area (Å²) in [6.07, 6.45) is 5.45. The Balaban J connectivity index is 1.34. The van der Waals surface area contributed by atoms with Crippen molar-refractivity contribution in [2.24, 2.45) is 0 Å². The highest BCUT2D eigenvalue weighted by atomic mass is 35.5. The van der Waals surface area contributed by atoms with E-state index in [9.17, 15) is 14.4 Å². The lowest BCUT2D eigenvalue weighted by Gasteiger charge is -2.33. The summed E-state index contributed by atoms with van der Waals surface area (Å²) in [5, 5.41) is 0. The highest BCUT2D eigenvalue weighted by Crippen LogP contribution is 2.22. The molecule has 0 aliphatic carbocycles. The van der Waals surface area contributed by atoms with Gasteiger partial charge in [0.15, 0.2) is 0 Å². The van der Waals surface area contributed by atoms with Gasteiger partial charge in [0.2, 0.25) is 5.56 Å². The molecule has 31 heavy (non-hydrogen) atoms. The van der Waals surface area contributed by atoms with Crippen molar-refractivity contribution in [1.82, 2.24) is 14.8 Å². The number of aromatic nitrogens is 1. The van der Waals surface area contributed by atoms with Crippen LogP contribution in [-0.2, 0) is 16.1 Å². The molecule has 1 N–H and O–H groups in total. The van der Waals surface area contributed by atoms with Gasteiger partial charge >= 0.3 is 11.8 Å². The van der Waals surface area contributed by atoms with E-state index in [0.29, 0.717) is 30.5 Å². The van der Waals surface area contributed by atoms with E-state index >= 15 is 0 Å². The van der Waals surface area contributed by atoms with Gasteiger partial charge in [0.05, 0.1) is 4.34 Å². The van der Waals surface area contributed by atoms with Crippen molar-refractivity contribution in [1.29, 1.82) is 0 Å². The number of benzene rings is 1. The molecule has 0 bridgehead atoms. The first kappa shape index (κ1) is 21.1. The van der Waals surface area contributed by atoms with Crippen LogP contribution in [0.4, 0.5) is 0 Å². The lowest BCUT2D eigenvalue weighted by atomic mass is 10.1. The molecular formula is C23H20ClN3O3S. The number of thiophene rings is 1. The van der Waals surface area contributed by atoms with Crippen molar-refractivity contribution < 1.29 is 9.59 Å². The predicted molar refractivity (Wildman–Crippen MR) is 123 cm³/mol. The molecule has 1 aromatic carbocycles. The average molecular weight is 454 g/mol. The molecule has 0 atom stereocenters. The Hall–Kier alpha value is -3.16. The van der Waals surface area contributed by atoms with Crippen molar-refractivity contribution in [3.05, 3.63) is 85.9 Å². The number of halogens is 1. The summed E-state index contributed by atoms with van der Waals surface area (Å²) in [7, 11) is 0. The van der Waals surface area contributed by atoms with Gasteiger partial charge in [-0.2, -0.15) is 0 Å². The van der Waals surface area contributed by atoms with Crippen LogP contribution in [0.5, 0.6) is 0 Å². The maximum Gasteiger partial charge on any atom is 0.312 e. The van der Waals surface area contributed by atoms with Gasteiger partial charge in [-0.3, -0.25) is 14.4 Å². The molecule has 3 aromatic rings. The Morgan fingerprint density at radius 1 is 0.903 bits per heavy atom. The second kappa shape index (κ2) is 9.32. The fourth-order valence-electron chi connectivity index (χ4n) is 3.37. The average Bonchev–Trinajstić information content (AvgIpc) is 3.19. The second-order valence-electron chi connectivity index (χ2n) is 7.16. The van der Waals surface area contributed by atoms with Crippen LogP contribution in [0, 0.1) is 0 Å². The number of piperazine rings is 1. The first-order chi connectivity index (χ1) is 15.0. The molecule has 6 nitrogen and oxygen atoms in total. The maximum absolute atomic E-state index is 12.6. The van der Waals surface area contributed by atoms with Gasteiger partial charge in [-0.05, 0) is 41.0 Å². The monoisotopic (exact) mass is 453 g/mol. The normalized spacial score (nSPS) is 14.6. The van der Waals surface area contributed by atoms with E-state index in [2.05, 4.69) is 4.98 Å². The summed E-state index contributed by atoms with van der Waals surface area (Å²) in [4.78, 5) is 43.1. The predicted octanol–water partition coefficient (Wildman–Crippen LogP) is 3.64. The second-order valence-corrected chi connectivity index (χ2v) is 8.91. The number of nitrogens with one attached hydrogen (secondary N) is 1. The number of aromatic amines is 1. The molecule has 2 amide bonds. The van der Waals surface area contributed by atoms with Crippen LogP contribution in [0.25, 0.3) is 17.2 Å². The number of H-pyrrole nitrogens is 1. The standard InChI is InChI=1S/C23H20ClN3O3S/c24-20-9-8-19(31-20)2-1-11-26-12-13-27(23(30)22(26)29)15-16-3-5-17(6-4-16)18-7-10-21(28)25-14-18/h1-10,14H,11-13,15H2,(H,25,28)/b2-1+. The maximum atomic E-state index is 12.6. The number of pyridine rings is 1. The van der Waals surface area contributed by atoms with Crippen LogP contribution in [0.2, 0.25) is 4.34 Å². The third-order valence-electron chi connectivity index (χ3n) is 5.04. The molecule has 0 radical (unpaired) electrons. The Kier molecular flexibility index (Phi) is 6.34. The molecule has 2 aromatic heterocycles. The molecule has 1 fully saturated rings. The van der Waals surface area contributed by atoms with Crippen molar-refractivity contribution in [3.63, 3.8) is 0 Å². The quantitative estimate of drug-likeness (QED) is 0.579. The Bertz CT molecular complexity index is 1160. The van der Waals surface area contributed by atoms with E-state index in [1.807, 2.05) is 48.6 Å². The Labute approximate surface area is 188 Å². The third-order valence-corrected chi connectivity index (χ3v) is 6.24. The summed E-state index contributed by atoms with van der Waals surface area (Å²) < 4.78 is 0.714. The highest BCUT2D eigenvalue weighted by molar-refractivity contribution is 7.16. The van der Waals surface area contributed by atoms with Gasteiger partial charge in [0.25, 0.3) is 0 Å². The fourth-order valence-corrected chi connectivity index (χ4v) is 4.36. The number of hydrogen-bond donors (Lipinski definition) is 1. The first-order valence-electron chi connectivity index (χ1n) is 9.78. The fraction of sp³-hybridized carbons (Fsp3) is 0.174. The molecule has 158 valence electrons. The van der Waals surface area contributed by atoms with Gasteiger partial charge in [-0.1, -0.05) is 41.9 Å². The third kappa shape index (κ3) is 5.13. The molecule has 0 unspecified atom stereocenters. The molecular weight excluding hydrogens is 434 g/mol. The number of carbonyl (C=O) groups is 2.